The van der Waals surface area contributed by atoms with Gasteiger partial charge in [0.2, 0.25) is 0 Å². The molecule has 0 aliphatic carbocycles. The molecule has 0 aliphatic heterocycles. The van der Waals surface area contributed by atoms with Crippen molar-refractivity contribution in [3.63, 3.8) is 0 Å². The summed E-state index contributed by atoms with van der Waals surface area (Å²) in [6.07, 6.45) is 2.22. The van der Waals surface area contributed by atoms with Crippen LogP contribution in [0.3, 0.4) is 0 Å². The molecule has 0 atom stereocenters. The highest BCUT2D eigenvalue weighted by molar-refractivity contribution is 6.27. The van der Waals surface area contributed by atoms with Gasteiger partial charge in [-0.1, -0.05) is 0 Å². The maximum atomic E-state index is 6.11. The Bertz CT molecular complexity index is 301. The van der Waals surface area contributed by atoms with Crippen molar-refractivity contribution in [1.29, 1.82) is 0 Å². The van der Waals surface area contributed by atoms with Gasteiger partial charge in [0.1, 0.15) is 0 Å². The molecule has 0 N–H and O–H groups in total. The average Bonchev–Trinajstić information content (AvgIpc) is 2.52. The van der Waals surface area contributed by atoms with E-state index < -0.39 is 0 Å². The van der Waals surface area contributed by atoms with E-state index in [0.29, 0.717) is 0 Å². The molecule has 0 unspecified atom stereocenters. The molecule has 0 aromatic heterocycles. The number of hydrogen-bond acceptors (Lipinski definition) is 5. The lowest BCUT2D eigenvalue weighted by molar-refractivity contribution is -0.0669. The second-order valence-electron chi connectivity index (χ2n) is 8.20. The lowest BCUT2D eigenvalue weighted by Crippen LogP contribution is -2.45. The molecule has 5 nitrogen and oxygen atoms in total. The highest BCUT2D eigenvalue weighted by Gasteiger charge is 2.26. The molecule has 0 radical (unpaired) electrons. The molecule has 0 aromatic carbocycles. The predicted octanol–water partition coefficient (Wildman–Crippen LogP) is 2.37. The molecule has 0 fully saturated rings. The van der Waals surface area contributed by atoms with Gasteiger partial charge in [0.15, 0.2) is 19.5 Å². The zero-order valence-electron chi connectivity index (χ0n) is 18.6. The fourth-order valence-electron chi connectivity index (χ4n) is 3.05. The quantitative estimate of drug-likeness (QED) is 0.258. The number of hydrogen-bond donors (Lipinski definition) is 0. The Kier molecular flexibility index (Phi) is 15.3. The van der Waals surface area contributed by atoms with Gasteiger partial charge in [-0.2, -0.15) is 0 Å². The molecule has 0 heterocycles. The predicted molar refractivity (Wildman–Crippen MR) is 117 cm³/mol. The van der Waals surface area contributed by atoms with Gasteiger partial charge >= 0.3 is 0 Å². The summed E-state index contributed by atoms with van der Waals surface area (Å²) in [7, 11) is 1.50. The summed E-state index contributed by atoms with van der Waals surface area (Å²) < 4.78 is 23.2. The minimum absolute atomic E-state index is 0.138. The molecule has 0 saturated carbocycles. The Morgan fingerprint density at radius 2 is 1.12 bits per heavy atom. The van der Waals surface area contributed by atoms with Crippen molar-refractivity contribution in [2.24, 2.45) is 0 Å². The summed E-state index contributed by atoms with van der Waals surface area (Å²) in [6, 6.07) is 2.40. The van der Waals surface area contributed by atoms with E-state index in [4.69, 9.17) is 18.3 Å². The second-order valence-corrected chi connectivity index (χ2v) is 11.2. The molecular weight excluding hydrogens is 362 g/mol. The molecule has 0 bridgehead atoms. The van der Waals surface area contributed by atoms with E-state index >= 15 is 0 Å². The maximum Gasteiger partial charge on any atom is 0.161 e. The fourth-order valence-corrected chi connectivity index (χ4v) is 4.85. The van der Waals surface area contributed by atoms with Crippen LogP contribution in [-0.4, -0.2) is 82.2 Å². The molecule has 26 heavy (non-hydrogen) atoms. The zero-order chi connectivity index (χ0) is 19.9. The first-order valence-electron chi connectivity index (χ1n) is 10.3. The molecule has 0 aromatic rings. The van der Waals surface area contributed by atoms with Crippen LogP contribution in [0, 0.1) is 0 Å². The van der Waals surface area contributed by atoms with Crippen LogP contribution >= 0.6 is 0 Å². The molecule has 0 saturated heterocycles. The summed E-state index contributed by atoms with van der Waals surface area (Å²) in [5, 5.41) is 0. The third-order valence-electron chi connectivity index (χ3n) is 4.06. The Labute approximate surface area is 167 Å². The van der Waals surface area contributed by atoms with Crippen molar-refractivity contribution in [2.75, 3.05) is 46.6 Å². The molecule has 158 valence electrons. The van der Waals surface area contributed by atoms with Crippen LogP contribution in [0.2, 0.25) is 12.1 Å². The van der Waals surface area contributed by atoms with Gasteiger partial charge in [0.05, 0.1) is 11.2 Å². The number of nitrogens with zero attached hydrogens (tertiary/aromatic N) is 1. The van der Waals surface area contributed by atoms with Gasteiger partial charge in [-0.3, -0.25) is 0 Å². The van der Waals surface area contributed by atoms with E-state index in [1.54, 1.807) is 0 Å². The second kappa shape index (κ2) is 15.2. The lowest BCUT2D eigenvalue weighted by Gasteiger charge is -2.35. The highest BCUT2D eigenvalue weighted by Crippen LogP contribution is 2.16. The summed E-state index contributed by atoms with van der Waals surface area (Å²) in [4.78, 5) is 2.32. The Hall–Kier alpha value is 0.234. The van der Waals surface area contributed by atoms with Gasteiger partial charge in [0, 0.05) is 39.5 Å². The molecule has 0 amide bonds. The van der Waals surface area contributed by atoms with Gasteiger partial charge in [0.25, 0.3) is 0 Å². The lowest BCUT2D eigenvalue weighted by atomic mass is 10.1. The molecular formula is C19H45NO4Si2. The standard InChI is InChI=1S/C19H45NO4Si2/c1-8-23-25-14-10-12-21-18(3,4)16-20(7)17-19(5,6)22-13-11-15-26-24-9-2/h8-17,25-26H2,1-7H3. The maximum absolute atomic E-state index is 6.11. The minimum atomic E-state index is -0.326. The summed E-state index contributed by atoms with van der Waals surface area (Å²) in [6.45, 7) is 18.0. The molecule has 0 rings (SSSR count). The number of rotatable bonds is 18. The van der Waals surface area contributed by atoms with Crippen LogP contribution in [0.4, 0.5) is 0 Å². The first-order valence-corrected chi connectivity index (χ1v) is 13.5. The first kappa shape index (κ1) is 26.2. The Morgan fingerprint density at radius 3 is 1.46 bits per heavy atom. The van der Waals surface area contributed by atoms with E-state index in [2.05, 4.69) is 53.5 Å². The van der Waals surface area contributed by atoms with Crippen LogP contribution in [0.1, 0.15) is 54.4 Å². The first-order chi connectivity index (χ1) is 12.2. The van der Waals surface area contributed by atoms with Crippen LogP contribution in [-0.2, 0) is 18.3 Å². The summed E-state index contributed by atoms with van der Waals surface area (Å²) in [5.74, 6) is 0. The van der Waals surface area contributed by atoms with Crippen LogP contribution in [0.15, 0.2) is 0 Å². The van der Waals surface area contributed by atoms with Crippen molar-refractivity contribution in [3.05, 3.63) is 0 Å². The highest BCUT2D eigenvalue weighted by atomic mass is 28.2. The van der Waals surface area contributed by atoms with Crippen molar-refractivity contribution >= 4 is 19.5 Å². The van der Waals surface area contributed by atoms with E-state index in [-0.39, 0.29) is 30.7 Å². The third kappa shape index (κ3) is 16.4. The van der Waals surface area contributed by atoms with Gasteiger partial charge in [-0.15, -0.1) is 0 Å². The van der Waals surface area contributed by atoms with Crippen LogP contribution in [0.25, 0.3) is 0 Å². The topological polar surface area (TPSA) is 40.2 Å². The van der Waals surface area contributed by atoms with Crippen molar-refractivity contribution < 1.29 is 18.3 Å². The van der Waals surface area contributed by atoms with Crippen LogP contribution in [0.5, 0.6) is 0 Å². The van der Waals surface area contributed by atoms with Gasteiger partial charge < -0.3 is 23.2 Å². The SMILES string of the molecule is CCO[SiH2]CCCOC(C)(C)CN(C)CC(C)(C)OCCC[SiH2]OCC. The molecule has 0 spiro atoms. The van der Waals surface area contributed by atoms with E-state index in [9.17, 15) is 0 Å². The smallest absolute Gasteiger partial charge is 0.161 e. The number of likely N-dealkylation sites (N-methyl/N-ethyl adjacent to an activating group) is 1. The van der Waals surface area contributed by atoms with Crippen molar-refractivity contribution in [2.45, 2.75) is 77.7 Å². The summed E-state index contributed by atoms with van der Waals surface area (Å²) in [5.41, 5.74) is -0.276. The van der Waals surface area contributed by atoms with Gasteiger partial charge in [-0.25, -0.2) is 0 Å². The van der Waals surface area contributed by atoms with Crippen molar-refractivity contribution in [3.8, 4) is 0 Å². The van der Waals surface area contributed by atoms with E-state index in [1.807, 2.05) is 0 Å². The van der Waals surface area contributed by atoms with E-state index in [1.165, 1.54) is 12.1 Å². The van der Waals surface area contributed by atoms with E-state index in [0.717, 1.165) is 52.4 Å². The minimum Gasteiger partial charge on any atom is -0.424 e. The Balaban J connectivity index is 3.94. The summed E-state index contributed by atoms with van der Waals surface area (Å²) >= 11 is 0. The largest absolute Gasteiger partial charge is 0.424 e. The average molecular weight is 408 g/mol. The molecule has 7 heteroatoms. The van der Waals surface area contributed by atoms with Crippen LogP contribution < -0.4 is 0 Å². The Morgan fingerprint density at radius 1 is 0.731 bits per heavy atom. The monoisotopic (exact) mass is 407 g/mol. The zero-order valence-corrected chi connectivity index (χ0v) is 21.4. The fraction of sp³-hybridized carbons (Fsp3) is 1.00. The third-order valence-corrected chi connectivity index (χ3v) is 7.03. The van der Waals surface area contributed by atoms with Crippen molar-refractivity contribution in [1.82, 2.24) is 4.90 Å². The number of ether oxygens (including phenoxy) is 2. The molecule has 0 aliphatic rings. The normalized spacial score (nSPS) is 13.8. The van der Waals surface area contributed by atoms with Gasteiger partial charge in [-0.05, 0) is 73.5 Å².